The molecule has 0 aliphatic heterocycles. The van der Waals surface area contributed by atoms with Gasteiger partial charge in [0.25, 0.3) is 0 Å². The number of nitrogens with zero attached hydrogens (tertiary/aromatic N) is 1. The van der Waals surface area contributed by atoms with E-state index in [1.165, 1.54) is 16.7 Å². The first-order chi connectivity index (χ1) is 9.22. The molecule has 2 aromatic carbocycles. The summed E-state index contributed by atoms with van der Waals surface area (Å²) in [6.45, 7) is 4.76. The molecule has 0 unspecified atom stereocenters. The smallest absolute Gasteiger partial charge is 0.211 e. The van der Waals surface area contributed by atoms with Crippen molar-refractivity contribution in [2.24, 2.45) is 4.99 Å². The van der Waals surface area contributed by atoms with Crippen LogP contribution in [-0.4, -0.2) is 6.08 Å². The summed E-state index contributed by atoms with van der Waals surface area (Å²) < 4.78 is 0. The van der Waals surface area contributed by atoms with Crippen LogP contribution in [0.2, 0.25) is 0 Å². The normalized spacial score (nSPS) is 10.3. The summed E-state index contributed by atoms with van der Waals surface area (Å²) in [5.41, 5.74) is 4.76. The Morgan fingerprint density at radius 1 is 1.11 bits per heavy atom. The second kappa shape index (κ2) is 6.12. The molecule has 0 heterocycles. The van der Waals surface area contributed by atoms with E-state index >= 15 is 0 Å². The summed E-state index contributed by atoms with van der Waals surface area (Å²) in [5.74, 6) is 0.457. The van der Waals surface area contributed by atoms with E-state index in [0.717, 1.165) is 5.56 Å². The molecule has 0 radical (unpaired) electrons. The summed E-state index contributed by atoms with van der Waals surface area (Å²) in [5, 5.41) is 0. The largest absolute Gasteiger partial charge is 0.235 e. The minimum absolute atomic E-state index is 0.391. The van der Waals surface area contributed by atoms with Gasteiger partial charge in [0.15, 0.2) is 0 Å². The Kier molecular flexibility index (Phi) is 4.27. The monoisotopic (exact) mass is 251 g/mol. The third-order valence-corrected chi connectivity index (χ3v) is 3.15. The molecule has 0 saturated carbocycles. The Morgan fingerprint density at radius 2 is 1.84 bits per heavy atom. The molecule has 0 bridgehead atoms. The first kappa shape index (κ1) is 13.3. The van der Waals surface area contributed by atoms with Crippen molar-refractivity contribution in [3.63, 3.8) is 0 Å². The van der Waals surface area contributed by atoms with Gasteiger partial charge in [-0.25, -0.2) is 9.79 Å². The lowest BCUT2D eigenvalue weighted by Gasteiger charge is -2.14. The van der Waals surface area contributed by atoms with Crippen LogP contribution in [0.3, 0.4) is 0 Å². The maximum atomic E-state index is 10.2. The summed E-state index contributed by atoms with van der Waals surface area (Å²) in [6.07, 6.45) is 1.59. The van der Waals surface area contributed by atoms with Crippen molar-refractivity contribution in [2.45, 2.75) is 26.3 Å². The second-order valence-corrected chi connectivity index (χ2v) is 4.85. The minimum atomic E-state index is 0.391. The predicted octanol–water partition coefficient (Wildman–Crippen LogP) is 4.31. The molecule has 96 valence electrons. The Labute approximate surface area is 113 Å². The van der Waals surface area contributed by atoms with Crippen LogP contribution in [0, 0.1) is 0 Å². The van der Waals surface area contributed by atoms with Gasteiger partial charge in [0.05, 0.1) is 6.54 Å². The van der Waals surface area contributed by atoms with E-state index in [4.69, 9.17) is 0 Å². The Hall–Kier alpha value is -2.18. The topological polar surface area (TPSA) is 29.4 Å². The van der Waals surface area contributed by atoms with Crippen molar-refractivity contribution in [1.29, 1.82) is 0 Å². The van der Waals surface area contributed by atoms with E-state index in [1.807, 2.05) is 24.3 Å². The first-order valence-electron chi connectivity index (χ1n) is 6.44. The van der Waals surface area contributed by atoms with E-state index in [1.54, 1.807) is 6.08 Å². The van der Waals surface area contributed by atoms with E-state index in [0.29, 0.717) is 12.5 Å². The molecule has 0 aliphatic carbocycles. The zero-order valence-electron chi connectivity index (χ0n) is 11.3. The van der Waals surface area contributed by atoms with Gasteiger partial charge in [0.1, 0.15) is 0 Å². The lowest BCUT2D eigenvalue weighted by atomic mass is 9.91. The Balaban J connectivity index is 2.51. The molecule has 0 spiro atoms. The van der Waals surface area contributed by atoms with Crippen LogP contribution >= 0.6 is 0 Å². The quantitative estimate of drug-likeness (QED) is 0.588. The molecule has 2 heteroatoms. The van der Waals surface area contributed by atoms with Crippen LogP contribution in [0.1, 0.15) is 30.9 Å². The van der Waals surface area contributed by atoms with Crippen LogP contribution in [-0.2, 0) is 11.3 Å². The zero-order chi connectivity index (χ0) is 13.7. The Morgan fingerprint density at radius 3 is 2.47 bits per heavy atom. The highest BCUT2D eigenvalue weighted by atomic mass is 16.1. The van der Waals surface area contributed by atoms with E-state index in [-0.39, 0.29) is 0 Å². The molecule has 19 heavy (non-hydrogen) atoms. The molecule has 0 aromatic heterocycles. The van der Waals surface area contributed by atoms with Gasteiger partial charge in [0.2, 0.25) is 6.08 Å². The minimum Gasteiger partial charge on any atom is -0.211 e. The molecule has 0 saturated heterocycles. The number of benzene rings is 2. The first-order valence-corrected chi connectivity index (χ1v) is 6.44. The number of hydrogen-bond donors (Lipinski definition) is 0. The third-order valence-electron chi connectivity index (χ3n) is 3.15. The highest BCUT2D eigenvalue weighted by molar-refractivity contribution is 5.68. The molecular weight excluding hydrogens is 234 g/mol. The van der Waals surface area contributed by atoms with E-state index in [9.17, 15) is 4.79 Å². The van der Waals surface area contributed by atoms with Gasteiger partial charge in [-0.3, -0.25) is 0 Å². The van der Waals surface area contributed by atoms with Crippen molar-refractivity contribution in [2.75, 3.05) is 0 Å². The van der Waals surface area contributed by atoms with Crippen LogP contribution in [0.15, 0.2) is 53.5 Å². The zero-order valence-corrected chi connectivity index (χ0v) is 11.3. The molecule has 2 aromatic rings. The fourth-order valence-electron chi connectivity index (χ4n) is 2.20. The van der Waals surface area contributed by atoms with Crippen LogP contribution in [0.4, 0.5) is 0 Å². The van der Waals surface area contributed by atoms with E-state index in [2.05, 4.69) is 43.1 Å². The highest BCUT2D eigenvalue weighted by Crippen LogP contribution is 2.30. The second-order valence-electron chi connectivity index (χ2n) is 4.85. The van der Waals surface area contributed by atoms with Crippen LogP contribution in [0.5, 0.6) is 0 Å². The molecule has 0 amide bonds. The lowest BCUT2D eigenvalue weighted by molar-refractivity contribution is 0.563. The number of rotatable bonds is 4. The van der Waals surface area contributed by atoms with Crippen molar-refractivity contribution in [3.8, 4) is 11.1 Å². The van der Waals surface area contributed by atoms with Crippen molar-refractivity contribution < 1.29 is 4.79 Å². The SMILES string of the molecule is CC(C)c1ccc(CN=C=O)cc1-c1ccccc1. The highest BCUT2D eigenvalue weighted by Gasteiger charge is 2.09. The van der Waals surface area contributed by atoms with Crippen molar-refractivity contribution >= 4 is 6.08 Å². The van der Waals surface area contributed by atoms with Gasteiger partial charge < -0.3 is 0 Å². The van der Waals surface area contributed by atoms with Gasteiger partial charge in [-0.1, -0.05) is 56.3 Å². The summed E-state index contributed by atoms with van der Waals surface area (Å²) in [4.78, 5) is 13.9. The molecule has 2 rings (SSSR count). The van der Waals surface area contributed by atoms with Gasteiger partial charge in [0, 0.05) is 0 Å². The molecule has 0 aliphatic rings. The van der Waals surface area contributed by atoms with Gasteiger partial charge in [-0.15, -0.1) is 0 Å². The number of carbonyl (C=O) groups excluding carboxylic acids is 1. The summed E-state index contributed by atoms with van der Waals surface area (Å²) in [7, 11) is 0. The fourth-order valence-corrected chi connectivity index (χ4v) is 2.20. The summed E-state index contributed by atoms with van der Waals surface area (Å²) >= 11 is 0. The maximum absolute atomic E-state index is 10.2. The Bertz CT molecular complexity index is 596. The molecule has 2 nitrogen and oxygen atoms in total. The standard InChI is InChI=1S/C17H17NO/c1-13(2)16-9-8-14(11-18-12-19)10-17(16)15-6-4-3-5-7-15/h3-10,13H,11H2,1-2H3. The maximum Gasteiger partial charge on any atom is 0.235 e. The summed E-state index contributed by atoms with van der Waals surface area (Å²) in [6, 6.07) is 16.6. The molecule has 0 atom stereocenters. The molecule has 0 fully saturated rings. The third kappa shape index (κ3) is 3.18. The van der Waals surface area contributed by atoms with Gasteiger partial charge in [-0.2, -0.15) is 0 Å². The number of isocyanates is 1. The number of aliphatic imine (C=N–C) groups is 1. The van der Waals surface area contributed by atoms with Crippen LogP contribution in [0.25, 0.3) is 11.1 Å². The predicted molar refractivity (Wildman–Crippen MR) is 77.8 cm³/mol. The molecular formula is C17H17NO. The van der Waals surface area contributed by atoms with Crippen molar-refractivity contribution in [3.05, 3.63) is 59.7 Å². The van der Waals surface area contributed by atoms with Crippen molar-refractivity contribution in [1.82, 2.24) is 0 Å². The molecule has 0 N–H and O–H groups in total. The average Bonchev–Trinajstić information content (AvgIpc) is 2.45. The average molecular weight is 251 g/mol. The van der Waals surface area contributed by atoms with Gasteiger partial charge in [-0.05, 0) is 34.2 Å². The van der Waals surface area contributed by atoms with Crippen LogP contribution < -0.4 is 0 Å². The fraction of sp³-hybridized carbons (Fsp3) is 0.235. The number of hydrogen-bond acceptors (Lipinski definition) is 2. The van der Waals surface area contributed by atoms with E-state index < -0.39 is 0 Å². The lowest BCUT2D eigenvalue weighted by Crippen LogP contribution is -1.94. The van der Waals surface area contributed by atoms with Gasteiger partial charge >= 0.3 is 0 Å².